The number of nitrogens with one attached hydrogen (secondary N) is 2. The predicted octanol–water partition coefficient (Wildman–Crippen LogP) is 2.81. The number of hydrogen-bond donors (Lipinski definition) is 5. The molecule has 0 fully saturated rings. The number of carboxylic acids is 2. The molecular formula is C22H18BrN3O8. The van der Waals surface area contributed by atoms with Crippen molar-refractivity contribution < 1.29 is 34.1 Å². The summed E-state index contributed by atoms with van der Waals surface area (Å²) in [4.78, 5) is 50.1. The lowest BCUT2D eigenvalue weighted by molar-refractivity contribution is -0.118. The molecule has 6 N–H and O–H groups in total. The second-order valence-corrected chi connectivity index (χ2v) is 7.65. The first-order valence-electron chi connectivity index (χ1n) is 9.52. The molecule has 0 aliphatic carbocycles. The van der Waals surface area contributed by atoms with Crippen LogP contribution < -0.4 is 26.1 Å². The number of para-hydroxylation sites is 1. The third-order valence-electron chi connectivity index (χ3n) is 4.60. The van der Waals surface area contributed by atoms with Crippen LogP contribution in [-0.2, 0) is 4.79 Å². The Labute approximate surface area is 200 Å². The van der Waals surface area contributed by atoms with Crippen molar-refractivity contribution in [1.82, 2.24) is 4.98 Å². The minimum absolute atomic E-state index is 0.0115. The fraction of sp³-hybridized carbons (Fsp3) is 0.0909. The number of aromatic amines is 1. The van der Waals surface area contributed by atoms with Crippen molar-refractivity contribution in [1.29, 1.82) is 0 Å². The van der Waals surface area contributed by atoms with Crippen LogP contribution in [-0.4, -0.2) is 46.8 Å². The number of rotatable bonds is 8. The van der Waals surface area contributed by atoms with Gasteiger partial charge in [0.05, 0.1) is 11.6 Å². The molecule has 0 aliphatic rings. The molecule has 0 aliphatic heterocycles. The van der Waals surface area contributed by atoms with Crippen molar-refractivity contribution in [3.63, 3.8) is 0 Å². The number of anilines is 2. The zero-order valence-electron chi connectivity index (χ0n) is 17.5. The number of carbonyl (C=O) groups is 3. The second kappa shape index (κ2) is 10.1. The quantitative estimate of drug-likeness (QED) is 0.291. The van der Waals surface area contributed by atoms with Gasteiger partial charge in [0.25, 0.3) is 11.5 Å². The van der Waals surface area contributed by atoms with Gasteiger partial charge in [-0.25, -0.2) is 9.59 Å². The molecule has 12 heteroatoms. The van der Waals surface area contributed by atoms with Gasteiger partial charge in [0.1, 0.15) is 16.9 Å². The van der Waals surface area contributed by atoms with Gasteiger partial charge in [0, 0.05) is 11.3 Å². The van der Waals surface area contributed by atoms with E-state index in [9.17, 15) is 29.4 Å². The van der Waals surface area contributed by atoms with Gasteiger partial charge in [-0.15, -0.1) is 0 Å². The summed E-state index contributed by atoms with van der Waals surface area (Å²) in [6, 6.07) is 11.3. The molecular weight excluding hydrogens is 514 g/mol. The Hall–Kier alpha value is -4.32. The average Bonchev–Trinajstić information content (AvgIpc) is 2.77. The van der Waals surface area contributed by atoms with E-state index in [0.29, 0.717) is 5.69 Å². The van der Waals surface area contributed by atoms with Gasteiger partial charge in [-0.1, -0.05) is 18.2 Å². The lowest BCUT2D eigenvalue weighted by Crippen LogP contribution is -2.24. The second-order valence-electron chi connectivity index (χ2n) is 6.80. The Morgan fingerprint density at radius 2 is 1.74 bits per heavy atom. The normalized spacial score (nSPS) is 10.4. The van der Waals surface area contributed by atoms with Crippen molar-refractivity contribution in [2.24, 2.45) is 0 Å². The van der Waals surface area contributed by atoms with Crippen LogP contribution in [0.25, 0.3) is 11.1 Å². The van der Waals surface area contributed by atoms with E-state index in [1.165, 1.54) is 19.2 Å². The molecule has 3 aromatic rings. The molecule has 1 heterocycles. The predicted molar refractivity (Wildman–Crippen MR) is 126 cm³/mol. The first kappa shape index (κ1) is 24.3. The summed E-state index contributed by atoms with van der Waals surface area (Å²) < 4.78 is 11.1. The average molecular weight is 532 g/mol. The summed E-state index contributed by atoms with van der Waals surface area (Å²) in [5.74, 6) is -4.01. The van der Waals surface area contributed by atoms with E-state index in [2.05, 4.69) is 21.2 Å². The van der Waals surface area contributed by atoms with Crippen LogP contribution in [0.1, 0.15) is 20.7 Å². The summed E-state index contributed by atoms with van der Waals surface area (Å²) in [6.45, 7) is -0.387. The highest BCUT2D eigenvalue weighted by atomic mass is 79.9. The van der Waals surface area contributed by atoms with Gasteiger partial charge >= 0.3 is 11.9 Å². The van der Waals surface area contributed by atoms with Crippen LogP contribution in [0.3, 0.4) is 0 Å². The Morgan fingerprint density at radius 3 is 2.32 bits per heavy atom. The fourth-order valence-electron chi connectivity index (χ4n) is 3.20. The molecule has 0 spiro atoms. The SMILES string of the molecule is COc1cc(-c2c(C(=O)O)c(N)[nH]c(=O)c2C(=O)O)cc(Br)c1OCC(=O)Nc1ccccc1. The molecule has 0 bridgehead atoms. The Kier molecular flexibility index (Phi) is 7.21. The maximum absolute atomic E-state index is 12.3. The third kappa shape index (κ3) is 5.02. The van der Waals surface area contributed by atoms with Gasteiger partial charge in [-0.05, 0) is 45.8 Å². The first-order chi connectivity index (χ1) is 16.1. The van der Waals surface area contributed by atoms with E-state index in [1.54, 1.807) is 30.3 Å². The van der Waals surface area contributed by atoms with Crippen molar-refractivity contribution in [2.75, 3.05) is 24.8 Å². The number of H-pyrrole nitrogens is 1. The molecule has 1 aromatic heterocycles. The summed E-state index contributed by atoms with van der Waals surface area (Å²) in [5.41, 5.74) is 3.37. The number of pyridine rings is 1. The molecule has 0 unspecified atom stereocenters. The summed E-state index contributed by atoms with van der Waals surface area (Å²) in [6.07, 6.45) is 0. The van der Waals surface area contributed by atoms with Crippen LogP contribution in [0.4, 0.5) is 11.5 Å². The summed E-state index contributed by atoms with van der Waals surface area (Å²) >= 11 is 3.26. The Morgan fingerprint density at radius 1 is 1.09 bits per heavy atom. The van der Waals surface area contributed by atoms with E-state index >= 15 is 0 Å². The van der Waals surface area contributed by atoms with Crippen LogP contribution in [0.15, 0.2) is 51.7 Å². The minimum Gasteiger partial charge on any atom is -0.493 e. The van der Waals surface area contributed by atoms with Gasteiger partial charge in [0.2, 0.25) is 0 Å². The lowest BCUT2D eigenvalue weighted by atomic mass is 9.95. The molecule has 11 nitrogen and oxygen atoms in total. The minimum atomic E-state index is -1.65. The van der Waals surface area contributed by atoms with Gasteiger partial charge in [0.15, 0.2) is 18.1 Å². The molecule has 176 valence electrons. The number of carbonyl (C=O) groups excluding carboxylic acids is 1. The lowest BCUT2D eigenvalue weighted by Gasteiger charge is -2.17. The number of hydrogen-bond acceptors (Lipinski definition) is 7. The molecule has 34 heavy (non-hydrogen) atoms. The van der Waals surface area contributed by atoms with Crippen molar-refractivity contribution in [3.05, 3.63) is 68.4 Å². The first-order valence-corrected chi connectivity index (χ1v) is 10.3. The molecule has 0 saturated heterocycles. The van der Waals surface area contributed by atoms with Crippen molar-refractivity contribution in [3.8, 4) is 22.6 Å². The van der Waals surface area contributed by atoms with Crippen LogP contribution in [0.2, 0.25) is 0 Å². The number of carboxylic acid groups (broad SMARTS) is 2. The number of benzene rings is 2. The molecule has 1 amide bonds. The molecule has 0 radical (unpaired) electrons. The Balaban J connectivity index is 2.03. The van der Waals surface area contributed by atoms with E-state index in [-0.39, 0.29) is 28.1 Å². The van der Waals surface area contributed by atoms with Gasteiger partial charge in [-0.3, -0.25) is 9.59 Å². The van der Waals surface area contributed by atoms with E-state index in [0.717, 1.165) is 0 Å². The number of aromatic carboxylic acids is 2. The highest BCUT2D eigenvalue weighted by Gasteiger charge is 2.28. The van der Waals surface area contributed by atoms with Gasteiger partial charge < -0.3 is 35.7 Å². The van der Waals surface area contributed by atoms with Crippen molar-refractivity contribution in [2.45, 2.75) is 0 Å². The fourth-order valence-corrected chi connectivity index (χ4v) is 3.75. The number of halogens is 1. The zero-order valence-corrected chi connectivity index (χ0v) is 19.1. The smallest absolute Gasteiger partial charge is 0.342 e. The summed E-state index contributed by atoms with van der Waals surface area (Å²) in [7, 11) is 1.30. The summed E-state index contributed by atoms with van der Waals surface area (Å²) in [5, 5.41) is 21.8. The van der Waals surface area contributed by atoms with Gasteiger partial charge in [-0.2, -0.15) is 0 Å². The zero-order chi connectivity index (χ0) is 25.0. The number of ether oxygens (including phenoxy) is 2. The number of nitrogen functional groups attached to an aromatic ring is 1. The molecule has 0 atom stereocenters. The van der Waals surface area contributed by atoms with E-state index < -0.39 is 45.9 Å². The number of aromatic nitrogens is 1. The Bertz CT molecular complexity index is 1340. The van der Waals surface area contributed by atoms with Crippen LogP contribution in [0.5, 0.6) is 11.5 Å². The monoisotopic (exact) mass is 531 g/mol. The van der Waals surface area contributed by atoms with Crippen molar-refractivity contribution >= 4 is 45.3 Å². The largest absolute Gasteiger partial charge is 0.493 e. The number of methoxy groups -OCH3 is 1. The number of nitrogens with two attached hydrogens (primary N) is 1. The number of amides is 1. The van der Waals surface area contributed by atoms with E-state index in [4.69, 9.17) is 15.2 Å². The molecule has 3 rings (SSSR count). The highest BCUT2D eigenvalue weighted by Crippen LogP contribution is 2.41. The highest BCUT2D eigenvalue weighted by molar-refractivity contribution is 9.10. The van der Waals surface area contributed by atoms with Crippen LogP contribution >= 0.6 is 15.9 Å². The topological polar surface area (TPSA) is 181 Å². The maximum Gasteiger partial charge on any atom is 0.342 e. The van der Waals surface area contributed by atoms with Crippen LogP contribution in [0, 0.1) is 0 Å². The standard InChI is InChI=1S/C22H18BrN3O8/c1-33-13-8-10(15-16(21(29)30)19(24)26-20(28)17(15)22(31)32)7-12(23)18(13)34-9-14(27)25-11-5-3-2-4-6-11/h2-8H,9H2,1H3,(H,25,27)(H,29,30)(H,31,32)(H3,24,26,28). The van der Waals surface area contributed by atoms with E-state index in [1.807, 2.05) is 4.98 Å². The molecule has 2 aromatic carbocycles. The maximum atomic E-state index is 12.3. The third-order valence-corrected chi connectivity index (χ3v) is 5.18. The molecule has 0 saturated carbocycles.